The lowest BCUT2D eigenvalue weighted by Crippen LogP contribution is -2.21. The standard InChI is InChI=1S/C13H19ClFN3/c1-2-8(5-7-3-4-7)18-13-10(17)6-9(16)11(14)12(13)15/h6-8,18H,2-5,16-17H2,1H3. The summed E-state index contributed by atoms with van der Waals surface area (Å²) in [6.45, 7) is 2.08. The molecule has 1 aliphatic rings. The first-order valence-corrected chi connectivity index (χ1v) is 6.70. The van der Waals surface area contributed by atoms with Gasteiger partial charge in [-0.25, -0.2) is 4.39 Å². The van der Waals surface area contributed by atoms with Crippen molar-refractivity contribution in [3.05, 3.63) is 16.9 Å². The van der Waals surface area contributed by atoms with E-state index in [9.17, 15) is 4.39 Å². The number of nitrogen functional groups attached to an aromatic ring is 2. The van der Waals surface area contributed by atoms with E-state index in [1.807, 2.05) is 0 Å². The van der Waals surface area contributed by atoms with E-state index in [1.165, 1.54) is 18.9 Å². The van der Waals surface area contributed by atoms with Crippen molar-refractivity contribution in [2.24, 2.45) is 5.92 Å². The van der Waals surface area contributed by atoms with Crippen molar-refractivity contribution in [3.8, 4) is 0 Å². The Labute approximate surface area is 112 Å². The van der Waals surface area contributed by atoms with Gasteiger partial charge in [0, 0.05) is 6.04 Å². The number of benzene rings is 1. The van der Waals surface area contributed by atoms with Crippen molar-refractivity contribution in [1.82, 2.24) is 0 Å². The van der Waals surface area contributed by atoms with Gasteiger partial charge in [-0.05, 0) is 24.8 Å². The van der Waals surface area contributed by atoms with Crippen molar-refractivity contribution >= 4 is 28.7 Å². The highest BCUT2D eigenvalue weighted by Crippen LogP contribution is 2.37. The third-order valence-corrected chi connectivity index (χ3v) is 3.81. The third kappa shape index (κ3) is 2.80. The molecule has 5 heteroatoms. The summed E-state index contributed by atoms with van der Waals surface area (Å²) >= 11 is 5.80. The van der Waals surface area contributed by atoms with Crippen LogP contribution in [0.3, 0.4) is 0 Å². The second-order valence-corrected chi connectivity index (χ2v) is 5.36. The van der Waals surface area contributed by atoms with Gasteiger partial charge in [0.15, 0.2) is 5.82 Å². The summed E-state index contributed by atoms with van der Waals surface area (Å²) in [6.07, 6.45) is 4.53. The largest absolute Gasteiger partial charge is 0.397 e. The summed E-state index contributed by atoms with van der Waals surface area (Å²) in [6, 6.07) is 1.73. The molecule has 1 fully saturated rings. The van der Waals surface area contributed by atoms with E-state index in [-0.39, 0.29) is 22.4 Å². The van der Waals surface area contributed by atoms with Gasteiger partial charge in [-0.2, -0.15) is 0 Å². The minimum atomic E-state index is -0.552. The molecule has 1 aliphatic carbocycles. The van der Waals surface area contributed by atoms with Crippen LogP contribution >= 0.6 is 11.6 Å². The van der Waals surface area contributed by atoms with Gasteiger partial charge in [-0.15, -0.1) is 0 Å². The summed E-state index contributed by atoms with van der Waals surface area (Å²) in [7, 11) is 0. The van der Waals surface area contributed by atoms with Gasteiger partial charge < -0.3 is 16.8 Å². The van der Waals surface area contributed by atoms with Gasteiger partial charge in [-0.1, -0.05) is 31.4 Å². The fourth-order valence-electron chi connectivity index (χ4n) is 2.10. The molecule has 0 heterocycles. The lowest BCUT2D eigenvalue weighted by molar-refractivity contribution is 0.576. The Morgan fingerprint density at radius 2 is 2.11 bits per heavy atom. The summed E-state index contributed by atoms with van der Waals surface area (Å²) in [5.74, 6) is 0.222. The molecule has 3 nitrogen and oxygen atoms in total. The fraction of sp³-hybridized carbons (Fsp3) is 0.538. The molecule has 2 rings (SSSR count). The number of nitrogens with two attached hydrogens (primary N) is 2. The van der Waals surface area contributed by atoms with E-state index in [0.29, 0.717) is 5.69 Å². The molecule has 100 valence electrons. The van der Waals surface area contributed by atoms with Crippen molar-refractivity contribution in [2.75, 3.05) is 16.8 Å². The van der Waals surface area contributed by atoms with Crippen molar-refractivity contribution in [3.63, 3.8) is 0 Å². The van der Waals surface area contributed by atoms with Gasteiger partial charge in [0.1, 0.15) is 5.02 Å². The highest BCUT2D eigenvalue weighted by atomic mass is 35.5. The average molecular weight is 272 g/mol. The number of hydrogen-bond donors (Lipinski definition) is 3. The molecule has 0 bridgehead atoms. The van der Waals surface area contributed by atoms with Gasteiger partial charge in [0.05, 0.1) is 17.1 Å². The van der Waals surface area contributed by atoms with Crippen LogP contribution in [0.2, 0.25) is 5.02 Å². The van der Waals surface area contributed by atoms with Crippen LogP contribution in [0.1, 0.15) is 32.6 Å². The smallest absolute Gasteiger partial charge is 0.169 e. The number of halogens is 2. The van der Waals surface area contributed by atoms with Crippen LogP contribution in [0.25, 0.3) is 0 Å². The Morgan fingerprint density at radius 3 is 2.67 bits per heavy atom. The quantitative estimate of drug-likeness (QED) is 0.717. The van der Waals surface area contributed by atoms with E-state index >= 15 is 0 Å². The Hall–Kier alpha value is -1.16. The lowest BCUT2D eigenvalue weighted by Gasteiger charge is -2.20. The van der Waals surface area contributed by atoms with Crippen molar-refractivity contribution in [2.45, 2.75) is 38.6 Å². The van der Waals surface area contributed by atoms with Gasteiger partial charge >= 0.3 is 0 Å². The van der Waals surface area contributed by atoms with Crippen LogP contribution in [0.4, 0.5) is 21.5 Å². The van der Waals surface area contributed by atoms with Crippen molar-refractivity contribution < 1.29 is 4.39 Å². The molecular weight excluding hydrogens is 253 g/mol. The minimum Gasteiger partial charge on any atom is -0.397 e. The second-order valence-electron chi connectivity index (χ2n) is 4.99. The maximum Gasteiger partial charge on any atom is 0.169 e. The monoisotopic (exact) mass is 271 g/mol. The van der Waals surface area contributed by atoms with Crippen LogP contribution in [0, 0.1) is 11.7 Å². The molecule has 0 amide bonds. The second kappa shape index (κ2) is 5.22. The molecule has 1 aromatic carbocycles. The van der Waals surface area contributed by atoms with Gasteiger partial charge in [-0.3, -0.25) is 0 Å². The molecule has 0 aliphatic heterocycles. The first kappa shape index (κ1) is 13.3. The number of nitrogens with one attached hydrogen (secondary N) is 1. The summed E-state index contributed by atoms with van der Waals surface area (Å²) in [5, 5.41) is 3.10. The number of hydrogen-bond acceptors (Lipinski definition) is 3. The maximum atomic E-state index is 14.0. The fourth-order valence-corrected chi connectivity index (χ4v) is 2.25. The van der Waals surface area contributed by atoms with Gasteiger partial charge in [0.2, 0.25) is 0 Å². The highest BCUT2D eigenvalue weighted by Gasteiger charge is 2.26. The van der Waals surface area contributed by atoms with Gasteiger partial charge in [0.25, 0.3) is 0 Å². The molecule has 5 N–H and O–H groups in total. The van der Waals surface area contributed by atoms with Crippen LogP contribution in [0.5, 0.6) is 0 Å². The zero-order valence-electron chi connectivity index (χ0n) is 10.5. The summed E-state index contributed by atoms with van der Waals surface area (Å²) < 4.78 is 14.0. The summed E-state index contributed by atoms with van der Waals surface area (Å²) in [5.41, 5.74) is 12.1. The molecule has 1 unspecified atom stereocenters. The third-order valence-electron chi connectivity index (χ3n) is 3.42. The normalized spacial score (nSPS) is 16.6. The summed E-state index contributed by atoms with van der Waals surface area (Å²) in [4.78, 5) is 0. The van der Waals surface area contributed by atoms with E-state index < -0.39 is 5.82 Å². The minimum absolute atomic E-state index is 0.0621. The molecule has 0 spiro atoms. The molecule has 1 atom stereocenters. The average Bonchev–Trinajstić information content (AvgIpc) is 3.14. The first-order chi connectivity index (χ1) is 8.52. The van der Waals surface area contributed by atoms with E-state index in [0.717, 1.165) is 18.8 Å². The molecule has 1 saturated carbocycles. The SMILES string of the molecule is CCC(CC1CC1)Nc1c(N)cc(N)c(Cl)c1F. The zero-order chi connectivity index (χ0) is 13.3. The number of rotatable bonds is 5. The predicted octanol–water partition coefficient (Wildman–Crippen LogP) is 3.63. The van der Waals surface area contributed by atoms with E-state index in [2.05, 4.69) is 12.2 Å². The van der Waals surface area contributed by atoms with Crippen LogP contribution in [0.15, 0.2) is 6.07 Å². The molecule has 1 aromatic rings. The molecular formula is C13H19ClFN3. The van der Waals surface area contributed by atoms with E-state index in [1.54, 1.807) is 0 Å². The predicted molar refractivity (Wildman–Crippen MR) is 75.3 cm³/mol. The Kier molecular flexibility index (Phi) is 3.85. The van der Waals surface area contributed by atoms with E-state index in [4.69, 9.17) is 23.1 Å². The maximum absolute atomic E-state index is 14.0. The first-order valence-electron chi connectivity index (χ1n) is 6.32. The van der Waals surface area contributed by atoms with Crippen LogP contribution in [-0.4, -0.2) is 6.04 Å². The van der Waals surface area contributed by atoms with Crippen molar-refractivity contribution in [1.29, 1.82) is 0 Å². The number of anilines is 3. The molecule has 0 aromatic heterocycles. The van der Waals surface area contributed by atoms with Crippen LogP contribution < -0.4 is 16.8 Å². The Bertz CT molecular complexity index is 446. The molecule has 0 saturated heterocycles. The Morgan fingerprint density at radius 1 is 1.44 bits per heavy atom. The Balaban J connectivity index is 2.18. The highest BCUT2D eigenvalue weighted by molar-refractivity contribution is 6.33. The lowest BCUT2D eigenvalue weighted by atomic mass is 10.1. The molecule has 0 radical (unpaired) electrons. The van der Waals surface area contributed by atoms with Crippen LogP contribution in [-0.2, 0) is 0 Å². The zero-order valence-corrected chi connectivity index (χ0v) is 11.2. The molecule has 18 heavy (non-hydrogen) atoms. The topological polar surface area (TPSA) is 64.1 Å².